The van der Waals surface area contributed by atoms with Crippen molar-refractivity contribution in [2.45, 2.75) is 12.8 Å². The maximum Gasteiger partial charge on any atom is 0.312 e. The van der Waals surface area contributed by atoms with Gasteiger partial charge in [0.15, 0.2) is 0 Å². The number of carboxylic acids is 2. The van der Waals surface area contributed by atoms with Gasteiger partial charge in [-0.25, -0.2) is 14.8 Å². The topological polar surface area (TPSA) is 148 Å². The van der Waals surface area contributed by atoms with Gasteiger partial charge >= 0.3 is 19.7 Å². The molecule has 8 nitrogen and oxygen atoms in total. The Balaban J connectivity index is 2.77. The monoisotopic (exact) mass is 330 g/mol. The number of nitrogens with zero attached hydrogens (tertiary/aromatic N) is 1. The molecular formula is C13H17NO7P+. The number of phenolic OH excluding ortho intramolecular Hbond substituents is 1. The molecule has 0 aromatic heterocycles. The molecule has 1 rings (SSSR count). The normalized spacial score (nSPS) is 13.2. The zero-order valence-corrected chi connectivity index (χ0v) is 12.4. The summed E-state index contributed by atoms with van der Waals surface area (Å²) in [6, 6.07) is 5.98. The second kappa shape index (κ2) is 7.84. The van der Waals surface area contributed by atoms with Crippen LogP contribution in [-0.2, 0) is 9.59 Å². The van der Waals surface area contributed by atoms with E-state index in [1.165, 1.54) is 12.1 Å². The Kier molecular flexibility index (Phi) is 6.42. The van der Waals surface area contributed by atoms with Gasteiger partial charge < -0.3 is 15.3 Å². The van der Waals surface area contributed by atoms with Crippen LogP contribution in [0.3, 0.4) is 0 Å². The van der Waals surface area contributed by atoms with Gasteiger partial charge in [0, 0.05) is 6.42 Å². The summed E-state index contributed by atoms with van der Waals surface area (Å²) >= 11 is 0. The van der Waals surface area contributed by atoms with Crippen molar-refractivity contribution in [2.24, 2.45) is 10.9 Å². The molecule has 1 aromatic carbocycles. The minimum atomic E-state index is -3.77. The van der Waals surface area contributed by atoms with E-state index in [1.54, 1.807) is 12.1 Å². The SMILES string of the molecule is O=C(O)CCC(C[P+](O)(O)C=Nc1ccccc1O)C(=O)O. The Bertz CT molecular complexity index is 573. The summed E-state index contributed by atoms with van der Waals surface area (Å²) in [5.74, 6) is -2.99. The van der Waals surface area contributed by atoms with Crippen molar-refractivity contribution in [3.63, 3.8) is 0 Å². The third-order valence-electron chi connectivity index (χ3n) is 2.81. The van der Waals surface area contributed by atoms with Crippen LogP contribution >= 0.6 is 7.72 Å². The predicted octanol–water partition coefficient (Wildman–Crippen LogP) is 1.45. The van der Waals surface area contributed by atoms with Crippen molar-refractivity contribution >= 4 is 31.3 Å². The van der Waals surface area contributed by atoms with Crippen molar-refractivity contribution in [2.75, 3.05) is 6.16 Å². The van der Waals surface area contributed by atoms with E-state index in [-0.39, 0.29) is 24.3 Å². The summed E-state index contributed by atoms with van der Waals surface area (Å²) in [7, 11) is -3.77. The quantitative estimate of drug-likeness (QED) is 0.358. The van der Waals surface area contributed by atoms with Crippen LogP contribution in [0.1, 0.15) is 12.8 Å². The molecule has 5 N–H and O–H groups in total. The summed E-state index contributed by atoms with van der Waals surface area (Å²) in [4.78, 5) is 45.0. The summed E-state index contributed by atoms with van der Waals surface area (Å²) in [5.41, 5.74) is 0.118. The smallest absolute Gasteiger partial charge is 0.312 e. The average molecular weight is 330 g/mol. The molecule has 9 heteroatoms. The van der Waals surface area contributed by atoms with E-state index in [9.17, 15) is 24.5 Å². The minimum Gasteiger partial charge on any atom is -0.506 e. The van der Waals surface area contributed by atoms with E-state index in [4.69, 9.17) is 10.2 Å². The van der Waals surface area contributed by atoms with Gasteiger partial charge in [0.1, 0.15) is 17.6 Å². The largest absolute Gasteiger partial charge is 0.506 e. The van der Waals surface area contributed by atoms with Gasteiger partial charge in [-0.3, -0.25) is 9.59 Å². The van der Waals surface area contributed by atoms with Crippen molar-refractivity contribution in [3.05, 3.63) is 24.3 Å². The number of aliphatic carboxylic acids is 2. The van der Waals surface area contributed by atoms with Crippen LogP contribution in [0.2, 0.25) is 0 Å². The molecule has 22 heavy (non-hydrogen) atoms. The molecule has 0 aliphatic rings. The third-order valence-corrected chi connectivity index (χ3v) is 4.27. The van der Waals surface area contributed by atoms with Gasteiger partial charge in [-0.1, -0.05) is 12.1 Å². The van der Waals surface area contributed by atoms with Crippen molar-refractivity contribution in [1.29, 1.82) is 0 Å². The Labute approximate surface area is 126 Å². The molecule has 1 unspecified atom stereocenters. The molecule has 0 aliphatic carbocycles. The van der Waals surface area contributed by atoms with Gasteiger partial charge in [-0.15, -0.1) is 0 Å². The van der Waals surface area contributed by atoms with Crippen LogP contribution in [0, 0.1) is 5.92 Å². The Morgan fingerprint density at radius 3 is 2.41 bits per heavy atom. The number of carbonyl (C=O) groups is 2. The van der Waals surface area contributed by atoms with Crippen LogP contribution in [0.4, 0.5) is 5.69 Å². The molecule has 0 fully saturated rings. The third kappa shape index (κ3) is 6.17. The molecule has 120 valence electrons. The van der Waals surface area contributed by atoms with Crippen molar-refractivity contribution < 1.29 is 34.7 Å². The second-order valence-electron chi connectivity index (χ2n) is 4.67. The lowest BCUT2D eigenvalue weighted by Crippen LogP contribution is -2.21. The molecule has 0 heterocycles. The summed E-state index contributed by atoms with van der Waals surface area (Å²) in [5, 5.41) is 27.1. The van der Waals surface area contributed by atoms with Crippen LogP contribution in [-0.4, -0.2) is 49.2 Å². The van der Waals surface area contributed by atoms with E-state index in [2.05, 4.69) is 4.99 Å². The molecule has 0 radical (unpaired) electrons. The maximum absolute atomic E-state index is 11.0. The Hall–Kier alpha value is -2.02. The maximum atomic E-state index is 11.0. The number of carboxylic acid groups (broad SMARTS) is 2. The van der Waals surface area contributed by atoms with Crippen LogP contribution < -0.4 is 0 Å². The first-order valence-corrected chi connectivity index (χ1v) is 8.27. The van der Waals surface area contributed by atoms with E-state index in [0.29, 0.717) is 0 Å². The molecule has 0 amide bonds. The standard InChI is InChI=1S/C13H16NO7P/c15-11-4-2-1-3-10(11)14-8-22(20,21)7-9(13(18)19)5-6-12(16)17/h1-4,8-9,20-21H,5-7H2,(H2-,15,16,17,18,19)/p+1. The van der Waals surface area contributed by atoms with Gasteiger partial charge in [-0.05, 0) is 18.6 Å². The summed E-state index contributed by atoms with van der Waals surface area (Å²) in [6.07, 6.45) is -1.10. The fraction of sp³-hybridized carbons (Fsp3) is 0.308. The first-order chi connectivity index (χ1) is 10.2. The number of hydrogen-bond acceptors (Lipinski definition) is 6. The lowest BCUT2D eigenvalue weighted by Gasteiger charge is -2.13. The fourth-order valence-corrected chi connectivity index (χ4v) is 3.08. The minimum absolute atomic E-state index is 0.118. The molecule has 0 saturated heterocycles. The number of benzene rings is 1. The number of para-hydroxylation sites is 2. The van der Waals surface area contributed by atoms with E-state index >= 15 is 0 Å². The number of aliphatic imine (C=N–C) groups is 1. The number of rotatable bonds is 8. The lowest BCUT2D eigenvalue weighted by atomic mass is 10.1. The number of phenols is 1. The number of hydrogen-bond donors (Lipinski definition) is 5. The second-order valence-corrected chi connectivity index (χ2v) is 6.84. The molecule has 1 atom stereocenters. The van der Waals surface area contributed by atoms with Gasteiger partial charge in [-0.2, -0.15) is 0 Å². The molecular weight excluding hydrogens is 313 g/mol. The first kappa shape index (κ1) is 18.0. The molecule has 0 saturated carbocycles. The number of aromatic hydroxyl groups is 1. The zero-order valence-electron chi connectivity index (χ0n) is 11.5. The average Bonchev–Trinajstić information content (AvgIpc) is 2.42. The fourth-order valence-electron chi connectivity index (χ4n) is 1.69. The highest BCUT2D eigenvalue weighted by atomic mass is 31.2. The Morgan fingerprint density at radius 1 is 1.23 bits per heavy atom. The molecule has 1 aromatic rings. The van der Waals surface area contributed by atoms with Gasteiger partial charge in [0.2, 0.25) is 5.96 Å². The van der Waals surface area contributed by atoms with Crippen molar-refractivity contribution in [3.8, 4) is 5.75 Å². The van der Waals surface area contributed by atoms with Crippen molar-refractivity contribution in [1.82, 2.24) is 0 Å². The zero-order chi connectivity index (χ0) is 16.8. The Morgan fingerprint density at radius 2 is 1.86 bits per heavy atom. The lowest BCUT2D eigenvalue weighted by molar-refractivity contribution is -0.142. The highest BCUT2D eigenvalue weighted by Crippen LogP contribution is 2.50. The predicted molar refractivity (Wildman–Crippen MR) is 80.5 cm³/mol. The highest BCUT2D eigenvalue weighted by Gasteiger charge is 2.38. The van der Waals surface area contributed by atoms with E-state index < -0.39 is 31.7 Å². The first-order valence-electron chi connectivity index (χ1n) is 6.32. The molecule has 0 spiro atoms. The summed E-state index contributed by atoms with van der Waals surface area (Å²) < 4.78 is 0. The highest BCUT2D eigenvalue weighted by molar-refractivity contribution is 7.79. The van der Waals surface area contributed by atoms with Crippen LogP contribution in [0.15, 0.2) is 29.3 Å². The molecule has 0 bridgehead atoms. The van der Waals surface area contributed by atoms with Gasteiger partial charge in [0.05, 0.1) is 5.92 Å². The van der Waals surface area contributed by atoms with Crippen LogP contribution in [0.25, 0.3) is 0 Å². The summed E-state index contributed by atoms with van der Waals surface area (Å²) in [6.45, 7) is 0. The van der Waals surface area contributed by atoms with Gasteiger partial charge in [0.25, 0.3) is 0 Å². The molecule has 0 aliphatic heterocycles. The van der Waals surface area contributed by atoms with E-state index in [1.807, 2.05) is 0 Å². The van der Waals surface area contributed by atoms with Crippen LogP contribution in [0.5, 0.6) is 5.75 Å². The van der Waals surface area contributed by atoms with E-state index in [0.717, 1.165) is 5.96 Å².